The Balaban J connectivity index is 2.70. The van der Waals surface area contributed by atoms with Crippen LogP contribution >= 0.6 is 0 Å². The Labute approximate surface area is 114 Å². The van der Waals surface area contributed by atoms with Crippen LogP contribution in [-0.4, -0.2) is 29.3 Å². The second-order valence-electron chi connectivity index (χ2n) is 5.99. The number of ether oxygens (including phenoxy) is 1. The molecule has 0 aromatic carbocycles. The minimum absolute atomic E-state index is 0.101. The molecule has 0 N–H and O–H groups in total. The Morgan fingerprint density at radius 3 is 2.47 bits per heavy atom. The number of nitrogens with zero attached hydrogens (tertiary/aromatic N) is 1. The fourth-order valence-electron chi connectivity index (χ4n) is 1.49. The highest BCUT2D eigenvalue weighted by Gasteiger charge is 2.30. The third-order valence-electron chi connectivity index (χ3n) is 2.63. The van der Waals surface area contributed by atoms with Gasteiger partial charge in [0.1, 0.15) is 12.0 Å². The first kappa shape index (κ1) is 15.5. The van der Waals surface area contributed by atoms with Crippen LogP contribution in [0.5, 0.6) is 0 Å². The third kappa shape index (κ3) is 5.30. The van der Waals surface area contributed by atoms with Crippen molar-refractivity contribution in [1.82, 2.24) is 4.98 Å². The lowest BCUT2D eigenvalue weighted by Gasteiger charge is -2.28. The van der Waals surface area contributed by atoms with Gasteiger partial charge in [-0.1, -0.05) is 13.0 Å². The second-order valence-corrected chi connectivity index (χ2v) is 5.99. The topological polar surface area (TPSA) is 56.3 Å². The maximum absolute atomic E-state index is 12.1. The molecule has 104 valence electrons. The van der Waals surface area contributed by atoms with Gasteiger partial charge in [0.05, 0.1) is 17.6 Å². The number of carbonyl (C=O) groups is 2. The Kier molecular flexibility index (Phi) is 4.95. The van der Waals surface area contributed by atoms with E-state index in [9.17, 15) is 9.59 Å². The minimum atomic E-state index is -0.818. The van der Waals surface area contributed by atoms with Gasteiger partial charge in [-0.3, -0.25) is 9.78 Å². The number of pyridine rings is 1. The molecule has 4 nitrogen and oxygen atoms in total. The van der Waals surface area contributed by atoms with Crippen LogP contribution in [0.15, 0.2) is 24.4 Å². The van der Waals surface area contributed by atoms with E-state index in [2.05, 4.69) is 4.98 Å². The van der Waals surface area contributed by atoms with Gasteiger partial charge in [-0.25, -0.2) is 0 Å². The number of aromatic nitrogens is 1. The van der Waals surface area contributed by atoms with Crippen molar-refractivity contribution >= 4 is 12.1 Å². The van der Waals surface area contributed by atoms with Gasteiger partial charge in [0.2, 0.25) is 0 Å². The molecule has 0 fully saturated rings. The molecular formula is C15H21NO3. The Hall–Kier alpha value is -1.55. The van der Waals surface area contributed by atoms with Crippen LogP contribution < -0.4 is 0 Å². The molecule has 0 aliphatic carbocycles. The summed E-state index contributed by atoms with van der Waals surface area (Å²) in [4.78, 5) is 27.3. The van der Waals surface area contributed by atoms with E-state index in [1.54, 1.807) is 31.3 Å². The summed E-state index contributed by atoms with van der Waals surface area (Å²) in [6, 6.07) is 5.15. The van der Waals surface area contributed by atoms with Crippen molar-refractivity contribution in [3.63, 3.8) is 0 Å². The molecule has 4 heteroatoms. The van der Waals surface area contributed by atoms with E-state index in [0.29, 0.717) is 5.69 Å². The summed E-state index contributed by atoms with van der Waals surface area (Å²) in [5.41, 5.74) is -0.772. The zero-order valence-electron chi connectivity index (χ0n) is 12.0. The van der Waals surface area contributed by atoms with Gasteiger partial charge in [-0.2, -0.15) is 0 Å². The molecule has 0 aliphatic rings. The molecule has 1 rings (SSSR count). The summed E-state index contributed by atoms with van der Waals surface area (Å²) in [5.74, 6) is -0.146. The summed E-state index contributed by atoms with van der Waals surface area (Å²) in [6.07, 6.45) is 2.46. The number of rotatable bonds is 6. The van der Waals surface area contributed by atoms with Crippen molar-refractivity contribution in [3.8, 4) is 0 Å². The SMILES string of the molecule is CC(C=O)(COC(C)(C)C)CC(=O)c1ccccn1. The van der Waals surface area contributed by atoms with Gasteiger partial charge in [0.25, 0.3) is 0 Å². The van der Waals surface area contributed by atoms with Crippen molar-refractivity contribution in [2.24, 2.45) is 5.41 Å². The lowest BCUT2D eigenvalue weighted by Crippen LogP contribution is -2.33. The number of ketones is 1. The van der Waals surface area contributed by atoms with Crippen LogP contribution in [0.4, 0.5) is 0 Å². The van der Waals surface area contributed by atoms with Crippen molar-refractivity contribution in [2.45, 2.75) is 39.7 Å². The van der Waals surface area contributed by atoms with Crippen LogP contribution in [0.25, 0.3) is 0 Å². The lowest BCUT2D eigenvalue weighted by molar-refractivity contribution is -0.122. The van der Waals surface area contributed by atoms with E-state index in [4.69, 9.17) is 4.74 Å². The number of hydrogen-bond acceptors (Lipinski definition) is 4. The normalized spacial score (nSPS) is 14.7. The van der Waals surface area contributed by atoms with Gasteiger partial charge >= 0.3 is 0 Å². The number of aldehydes is 1. The molecule has 19 heavy (non-hydrogen) atoms. The quantitative estimate of drug-likeness (QED) is 0.585. The summed E-state index contributed by atoms with van der Waals surface area (Å²) < 4.78 is 5.62. The lowest BCUT2D eigenvalue weighted by atomic mass is 9.86. The maximum atomic E-state index is 12.1. The molecule has 1 atom stereocenters. The summed E-state index contributed by atoms with van der Waals surface area (Å²) in [5, 5.41) is 0. The zero-order valence-corrected chi connectivity index (χ0v) is 12.0. The Morgan fingerprint density at radius 2 is 2.00 bits per heavy atom. The molecule has 1 unspecified atom stereocenters. The average molecular weight is 263 g/mol. The highest BCUT2D eigenvalue weighted by atomic mass is 16.5. The van der Waals surface area contributed by atoms with E-state index >= 15 is 0 Å². The maximum Gasteiger partial charge on any atom is 0.182 e. The number of carbonyl (C=O) groups excluding carboxylic acids is 2. The fraction of sp³-hybridized carbons (Fsp3) is 0.533. The predicted molar refractivity (Wildman–Crippen MR) is 73.1 cm³/mol. The van der Waals surface area contributed by atoms with E-state index in [0.717, 1.165) is 6.29 Å². The molecule has 1 heterocycles. The van der Waals surface area contributed by atoms with Crippen LogP contribution in [0.2, 0.25) is 0 Å². The summed E-state index contributed by atoms with van der Waals surface area (Å²) in [7, 11) is 0. The third-order valence-corrected chi connectivity index (χ3v) is 2.63. The van der Waals surface area contributed by atoms with Gasteiger partial charge in [-0.05, 0) is 32.9 Å². The molecule has 0 saturated carbocycles. The first-order chi connectivity index (χ1) is 8.76. The van der Waals surface area contributed by atoms with Gasteiger partial charge < -0.3 is 9.53 Å². The van der Waals surface area contributed by atoms with Crippen molar-refractivity contribution < 1.29 is 14.3 Å². The molecule has 1 aromatic heterocycles. The van der Waals surface area contributed by atoms with Crippen LogP contribution in [0.3, 0.4) is 0 Å². The molecule has 0 amide bonds. The van der Waals surface area contributed by atoms with Crippen LogP contribution in [0, 0.1) is 5.41 Å². The molecule has 1 aromatic rings. The molecule has 0 saturated heterocycles. The van der Waals surface area contributed by atoms with E-state index in [1.807, 2.05) is 20.8 Å². The second kappa shape index (κ2) is 6.06. The van der Waals surface area contributed by atoms with Gasteiger partial charge in [0, 0.05) is 12.6 Å². The van der Waals surface area contributed by atoms with E-state index in [1.165, 1.54) is 0 Å². The fourth-order valence-corrected chi connectivity index (χ4v) is 1.49. The molecular weight excluding hydrogens is 242 g/mol. The average Bonchev–Trinajstić information content (AvgIpc) is 2.37. The van der Waals surface area contributed by atoms with Crippen LogP contribution in [0.1, 0.15) is 44.6 Å². The highest BCUT2D eigenvalue weighted by Crippen LogP contribution is 2.23. The van der Waals surface area contributed by atoms with E-state index < -0.39 is 5.41 Å². The molecule has 0 radical (unpaired) electrons. The largest absolute Gasteiger partial charge is 0.375 e. The smallest absolute Gasteiger partial charge is 0.182 e. The summed E-state index contributed by atoms with van der Waals surface area (Å²) >= 11 is 0. The number of Topliss-reactive ketones (excluding diaryl/α,β-unsaturated/α-hetero) is 1. The van der Waals surface area contributed by atoms with Crippen molar-refractivity contribution in [1.29, 1.82) is 0 Å². The molecule has 0 spiro atoms. The first-order valence-electron chi connectivity index (χ1n) is 6.30. The predicted octanol–water partition coefficient (Wildman–Crippen LogP) is 2.67. The monoisotopic (exact) mass is 263 g/mol. The van der Waals surface area contributed by atoms with Crippen LogP contribution in [-0.2, 0) is 9.53 Å². The number of hydrogen-bond donors (Lipinski definition) is 0. The Morgan fingerprint density at radius 1 is 1.32 bits per heavy atom. The zero-order chi connectivity index (χ0) is 14.5. The van der Waals surface area contributed by atoms with Crippen molar-refractivity contribution in [3.05, 3.63) is 30.1 Å². The first-order valence-corrected chi connectivity index (χ1v) is 6.30. The molecule has 0 aliphatic heterocycles. The van der Waals surface area contributed by atoms with Gasteiger partial charge in [-0.15, -0.1) is 0 Å². The van der Waals surface area contributed by atoms with Crippen molar-refractivity contribution in [2.75, 3.05) is 6.61 Å². The standard InChI is InChI=1S/C15H21NO3/c1-14(2,3)19-11-15(4,10-17)9-13(18)12-7-5-6-8-16-12/h5-8,10H,9,11H2,1-4H3. The minimum Gasteiger partial charge on any atom is -0.375 e. The summed E-state index contributed by atoms with van der Waals surface area (Å²) in [6.45, 7) is 7.70. The molecule has 0 bridgehead atoms. The van der Waals surface area contributed by atoms with Gasteiger partial charge in [0.15, 0.2) is 5.78 Å². The Bertz CT molecular complexity index is 436. The highest BCUT2D eigenvalue weighted by molar-refractivity contribution is 5.96. The van der Waals surface area contributed by atoms with E-state index in [-0.39, 0.29) is 24.4 Å².